The topological polar surface area (TPSA) is 69.0 Å². The first-order valence-corrected chi connectivity index (χ1v) is 5.59. The number of carbonyl (C=O) groups is 1. The third-order valence-electron chi connectivity index (χ3n) is 2.40. The molecule has 1 aromatic heterocycles. The van der Waals surface area contributed by atoms with Crippen LogP contribution in [0.3, 0.4) is 0 Å². The summed E-state index contributed by atoms with van der Waals surface area (Å²) in [5, 5.41) is 10.4. The number of nitrogens with zero attached hydrogens (tertiary/aromatic N) is 3. The number of methoxy groups -OCH3 is 1. The summed E-state index contributed by atoms with van der Waals surface area (Å²) in [6.45, 7) is 2.42. The zero-order chi connectivity index (χ0) is 13.0. The molecule has 0 radical (unpaired) electrons. The van der Waals surface area contributed by atoms with Crippen molar-refractivity contribution in [3.63, 3.8) is 0 Å². The summed E-state index contributed by atoms with van der Waals surface area (Å²) >= 11 is 0. The van der Waals surface area contributed by atoms with Crippen LogP contribution in [0.25, 0.3) is 5.69 Å². The van der Waals surface area contributed by atoms with E-state index in [1.165, 1.54) is 0 Å². The molecule has 0 saturated carbocycles. The number of hydrogen-bond donors (Lipinski definition) is 1. The molecule has 6 heteroatoms. The predicted molar refractivity (Wildman–Crippen MR) is 65.9 cm³/mol. The van der Waals surface area contributed by atoms with Crippen molar-refractivity contribution < 1.29 is 9.53 Å². The number of hydrogen-bond acceptors (Lipinski definition) is 4. The van der Waals surface area contributed by atoms with Crippen molar-refractivity contribution in [2.45, 2.75) is 6.92 Å². The molecule has 0 spiro atoms. The van der Waals surface area contributed by atoms with E-state index in [0.717, 1.165) is 11.4 Å². The third-order valence-corrected chi connectivity index (χ3v) is 2.40. The van der Waals surface area contributed by atoms with Crippen molar-refractivity contribution in [2.75, 3.05) is 13.7 Å². The second-order valence-electron chi connectivity index (χ2n) is 3.61. The molecule has 18 heavy (non-hydrogen) atoms. The van der Waals surface area contributed by atoms with E-state index in [9.17, 15) is 4.79 Å². The summed E-state index contributed by atoms with van der Waals surface area (Å²) in [5.74, 6) is 0.542. The molecule has 0 aliphatic rings. The monoisotopic (exact) mass is 246 g/mol. The zero-order valence-electron chi connectivity index (χ0n) is 10.3. The van der Waals surface area contributed by atoms with E-state index in [1.54, 1.807) is 18.0 Å². The molecular formula is C12H14N4O2. The van der Waals surface area contributed by atoms with Gasteiger partial charge in [0, 0.05) is 6.54 Å². The summed E-state index contributed by atoms with van der Waals surface area (Å²) < 4.78 is 6.62. The first-order valence-electron chi connectivity index (χ1n) is 5.59. The Bertz CT molecular complexity index is 533. The highest BCUT2D eigenvalue weighted by Crippen LogP contribution is 2.14. The molecule has 0 unspecified atom stereocenters. The third kappa shape index (κ3) is 2.48. The van der Waals surface area contributed by atoms with Crippen LogP contribution >= 0.6 is 0 Å². The first-order chi connectivity index (χ1) is 8.74. The summed E-state index contributed by atoms with van der Waals surface area (Å²) in [6, 6.07) is 7.33. The van der Waals surface area contributed by atoms with Crippen molar-refractivity contribution in [1.82, 2.24) is 20.3 Å². The molecule has 0 aliphatic carbocycles. The van der Waals surface area contributed by atoms with Gasteiger partial charge in [-0.15, -0.1) is 5.10 Å². The van der Waals surface area contributed by atoms with E-state index < -0.39 is 0 Å². The van der Waals surface area contributed by atoms with E-state index in [1.807, 2.05) is 31.2 Å². The highest BCUT2D eigenvalue weighted by molar-refractivity contribution is 5.91. The number of amides is 1. The number of ether oxygens (including phenoxy) is 1. The first kappa shape index (κ1) is 12.1. The van der Waals surface area contributed by atoms with Crippen LogP contribution in [0.15, 0.2) is 30.5 Å². The fourth-order valence-corrected chi connectivity index (χ4v) is 1.48. The van der Waals surface area contributed by atoms with Crippen LogP contribution in [0.4, 0.5) is 0 Å². The molecule has 1 amide bonds. The normalized spacial score (nSPS) is 10.1. The Kier molecular flexibility index (Phi) is 3.57. The Labute approximate surface area is 105 Å². The second kappa shape index (κ2) is 5.31. The summed E-state index contributed by atoms with van der Waals surface area (Å²) in [4.78, 5) is 11.5. The zero-order valence-corrected chi connectivity index (χ0v) is 10.3. The number of aromatic nitrogens is 3. The van der Waals surface area contributed by atoms with Crippen LogP contribution in [-0.2, 0) is 0 Å². The Morgan fingerprint density at radius 2 is 2.11 bits per heavy atom. The molecule has 0 fully saturated rings. The maximum absolute atomic E-state index is 11.5. The number of benzene rings is 1. The average Bonchev–Trinajstić information content (AvgIpc) is 2.89. The van der Waals surface area contributed by atoms with Crippen LogP contribution in [0.5, 0.6) is 5.75 Å². The minimum absolute atomic E-state index is 0.225. The van der Waals surface area contributed by atoms with Crippen molar-refractivity contribution in [3.05, 3.63) is 36.2 Å². The van der Waals surface area contributed by atoms with Gasteiger partial charge in [-0.2, -0.15) is 0 Å². The Hall–Kier alpha value is -2.37. The number of rotatable bonds is 4. The lowest BCUT2D eigenvalue weighted by atomic mass is 10.3. The van der Waals surface area contributed by atoms with Crippen molar-refractivity contribution in [3.8, 4) is 11.4 Å². The molecule has 6 nitrogen and oxygen atoms in total. The molecule has 0 atom stereocenters. The van der Waals surface area contributed by atoms with Crippen molar-refractivity contribution in [2.24, 2.45) is 0 Å². The Balaban J connectivity index is 2.20. The van der Waals surface area contributed by atoms with Gasteiger partial charge in [0.05, 0.1) is 19.0 Å². The summed E-state index contributed by atoms with van der Waals surface area (Å²) in [5.41, 5.74) is 1.12. The van der Waals surface area contributed by atoms with Gasteiger partial charge in [0.2, 0.25) is 0 Å². The Morgan fingerprint density at radius 1 is 1.39 bits per heavy atom. The lowest BCUT2D eigenvalue weighted by molar-refractivity contribution is 0.0951. The largest absolute Gasteiger partial charge is 0.497 e. The van der Waals surface area contributed by atoms with E-state index in [-0.39, 0.29) is 5.91 Å². The van der Waals surface area contributed by atoms with Gasteiger partial charge in [0.1, 0.15) is 5.75 Å². The predicted octanol–water partition coefficient (Wildman–Crippen LogP) is 1.03. The molecular weight excluding hydrogens is 232 g/mol. The van der Waals surface area contributed by atoms with Crippen LogP contribution in [0, 0.1) is 0 Å². The van der Waals surface area contributed by atoms with Gasteiger partial charge in [0.25, 0.3) is 5.91 Å². The molecule has 1 heterocycles. The summed E-state index contributed by atoms with van der Waals surface area (Å²) in [7, 11) is 1.61. The SMILES string of the molecule is CCNC(=O)c1cn(-c2ccc(OC)cc2)nn1. The van der Waals surface area contributed by atoms with Gasteiger partial charge in [-0.05, 0) is 31.2 Å². The quantitative estimate of drug-likeness (QED) is 0.874. The summed E-state index contributed by atoms with van der Waals surface area (Å²) in [6.07, 6.45) is 1.59. The molecule has 2 rings (SSSR count). The minimum atomic E-state index is -0.225. The van der Waals surface area contributed by atoms with E-state index >= 15 is 0 Å². The maximum atomic E-state index is 11.5. The van der Waals surface area contributed by atoms with Crippen LogP contribution in [0.1, 0.15) is 17.4 Å². The average molecular weight is 246 g/mol. The fraction of sp³-hybridized carbons (Fsp3) is 0.250. The highest BCUT2D eigenvalue weighted by atomic mass is 16.5. The number of nitrogens with one attached hydrogen (secondary N) is 1. The second-order valence-corrected chi connectivity index (χ2v) is 3.61. The molecule has 0 bridgehead atoms. The van der Waals surface area contributed by atoms with Crippen LogP contribution in [0.2, 0.25) is 0 Å². The molecule has 1 N–H and O–H groups in total. The number of carbonyl (C=O) groups excluding carboxylic acids is 1. The molecule has 0 aliphatic heterocycles. The molecule has 1 aromatic carbocycles. The lowest BCUT2D eigenvalue weighted by Gasteiger charge is -2.02. The lowest BCUT2D eigenvalue weighted by Crippen LogP contribution is -2.22. The smallest absolute Gasteiger partial charge is 0.273 e. The standard InChI is InChI=1S/C12H14N4O2/c1-3-13-12(17)11-8-16(15-14-11)9-4-6-10(18-2)7-5-9/h4-8H,3H2,1-2H3,(H,13,17). The van der Waals surface area contributed by atoms with E-state index in [2.05, 4.69) is 15.6 Å². The van der Waals surface area contributed by atoms with Gasteiger partial charge in [0.15, 0.2) is 5.69 Å². The van der Waals surface area contributed by atoms with Gasteiger partial charge in [-0.3, -0.25) is 4.79 Å². The van der Waals surface area contributed by atoms with Gasteiger partial charge >= 0.3 is 0 Å². The van der Waals surface area contributed by atoms with Crippen LogP contribution in [-0.4, -0.2) is 34.6 Å². The van der Waals surface area contributed by atoms with Crippen molar-refractivity contribution in [1.29, 1.82) is 0 Å². The minimum Gasteiger partial charge on any atom is -0.497 e. The van der Waals surface area contributed by atoms with E-state index in [0.29, 0.717) is 12.2 Å². The highest BCUT2D eigenvalue weighted by Gasteiger charge is 2.10. The van der Waals surface area contributed by atoms with Gasteiger partial charge < -0.3 is 10.1 Å². The van der Waals surface area contributed by atoms with Gasteiger partial charge in [-0.25, -0.2) is 4.68 Å². The molecule has 0 saturated heterocycles. The van der Waals surface area contributed by atoms with Crippen LogP contribution < -0.4 is 10.1 Å². The van der Waals surface area contributed by atoms with E-state index in [4.69, 9.17) is 4.74 Å². The Morgan fingerprint density at radius 3 is 2.72 bits per heavy atom. The van der Waals surface area contributed by atoms with Gasteiger partial charge in [-0.1, -0.05) is 5.21 Å². The fourth-order valence-electron chi connectivity index (χ4n) is 1.48. The van der Waals surface area contributed by atoms with Crippen molar-refractivity contribution >= 4 is 5.91 Å². The molecule has 94 valence electrons. The maximum Gasteiger partial charge on any atom is 0.273 e. The molecule has 2 aromatic rings.